The van der Waals surface area contributed by atoms with E-state index in [9.17, 15) is 9.59 Å². The topological polar surface area (TPSA) is 64.4 Å². The zero-order valence-electron chi connectivity index (χ0n) is 13.7. The van der Waals surface area contributed by atoms with Gasteiger partial charge in [0.1, 0.15) is 0 Å². The summed E-state index contributed by atoms with van der Waals surface area (Å²) in [6, 6.07) is 7.94. The van der Waals surface area contributed by atoms with Crippen molar-refractivity contribution in [3.05, 3.63) is 42.0 Å². The Bertz CT molecular complexity index is 716. The molecule has 0 aromatic heterocycles. The van der Waals surface area contributed by atoms with Gasteiger partial charge in [-0.2, -0.15) is 5.26 Å². The predicted molar refractivity (Wildman–Crippen MR) is 91.6 cm³/mol. The fourth-order valence-corrected chi connectivity index (χ4v) is 3.33. The zero-order valence-corrected chi connectivity index (χ0v) is 13.7. The van der Waals surface area contributed by atoms with Gasteiger partial charge in [0.2, 0.25) is 5.91 Å². The molecule has 1 aromatic rings. The molecule has 1 aliphatic heterocycles. The molecule has 5 nitrogen and oxygen atoms in total. The van der Waals surface area contributed by atoms with Crippen molar-refractivity contribution in [2.24, 2.45) is 0 Å². The molecule has 0 bridgehead atoms. The van der Waals surface area contributed by atoms with Crippen molar-refractivity contribution in [3.63, 3.8) is 0 Å². The first kappa shape index (κ1) is 16.3. The van der Waals surface area contributed by atoms with Crippen molar-refractivity contribution in [2.45, 2.75) is 38.1 Å². The molecule has 0 saturated heterocycles. The average Bonchev–Trinajstić information content (AvgIpc) is 3.45. The van der Waals surface area contributed by atoms with Crippen LogP contribution in [-0.4, -0.2) is 35.8 Å². The van der Waals surface area contributed by atoms with E-state index in [1.807, 2.05) is 23.1 Å². The van der Waals surface area contributed by atoms with E-state index < -0.39 is 0 Å². The normalized spacial score (nSPS) is 16.0. The van der Waals surface area contributed by atoms with Crippen molar-refractivity contribution in [3.8, 4) is 6.07 Å². The molecule has 3 rings (SSSR count). The first-order valence-electron chi connectivity index (χ1n) is 8.41. The molecule has 0 atom stereocenters. The highest BCUT2D eigenvalue weighted by Gasteiger charge is 2.34. The Morgan fingerprint density at radius 1 is 1.42 bits per heavy atom. The summed E-state index contributed by atoms with van der Waals surface area (Å²) < 4.78 is 0. The molecule has 0 radical (unpaired) electrons. The molecule has 0 spiro atoms. The van der Waals surface area contributed by atoms with Gasteiger partial charge in [0.15, 0.2) is 0 Å². The van der Waals surface area contributed by atoms with Crippen molar-refractivity contribution >= 4 is 17.5 Å². The van der Waals surface area contributed by atoms with Gasteiger partial charge in [-0.3, -0.25) is 9.59 Å². The molecule has 1 fully saturated rings. The van der Waals surface area contributed by atoms with Gasteiger partial charge in [-0.05, 0) is 49.5 Å². The summed E-state index contributed by atoms with van der Waals surface area (Å²) in [7, 11) is 0. The molecule has 1 aliphatic carbocycles. The third-order valence-electron chi connectivity index (χ3n) is 4.63. The highest BCUT2D eigenvalue weighted by molar-refractivity contribution is 6.04. The maximum atomic E-state index is 13.0. The molecule has 5 heteroatoms. The average molecular weight is 323 g/mol. The van der Waals surface area contributed by atoms with E-state index in [-0.39, 0.29) is 17.9 Å². The van der Waals surface area contributed by atoms with Crippen LogP contribution in [0, 0.1) is 11.3 Å². The Balaban J connectivity index is 1.94. The lowest BCUT2D eigenvalue weighted by molar-refractivity contribution is -0.114. The molecule has 24 heavy (non-hydrogen) atoms. The number of benzene rings is 1. The second-order valence-electron chi connectivity index (χ2n) is 6.24. The van der Waals surface area contributed by atoms with Gasteiger partial charge in [-0.25, -0.2) is 0 Å². The number of hydrogen-bond acceptors (Lipinski definition) is 3. The third kappa shape index (κ3) is 3.05. The van der Waals surface area contributed by atoms with Gasteiger partial charge in [0, 0.05) is 30.4 Å². The standard InChI is InChI=1S/C19H21N3O2/c1-2-18(23)22-12-4-7-15-16(6-3-8-17(15)22)19(24)21(13-5-11-20)14-9-10-14/h2-3,6,8,14H,1,4-5,7,9-10,12-13H2. The van der Waals surface area contributed by atoms with Crippen LogP contribution < -0.4 is 4.90 Å². The Hall–Kier alpha value is -2.61. The van der Waals surface area contributed by atoms with Crippen LogP contribution in [0.2, 0.25) is 0 Å². The minimum atomic E-state index is -0.135. The number of anilines is 1. The smallest absolute Gasteiger partial charge is 0.254 e. The maximum Gasteiger partial charge on any atom is 0.254 e. The van der Waals surface area contributed by atoms with Crippen LogP contribution in [0.1, 0.15) is 41.6 Å². The molecule has 1 aromatic carbocycles. The molecular weight excluding hydrogens is 302 g/mol. The van der Waals surface area contributed by atoms with Crippen molar-refractivity contribution in [2.75, 3.05) is 18.0 Å². The van der Waals surface area contributed by atoms with Gasteiger partial charge >= 0.3 is 0 Å². The third-order valence-corrected chi connectivity index (χ3v) is 4.63. The molecular formula is C19H21N3O2. The summed E-state index contributed by atoms with van der Waals surface area (Å²) in [6.07, 6.45) is 5.29. The Morgan fingerprint density at radius 2 is 2.21 bits per heavy atom. The molecule has 2 aliphatic rings. The quantitative estimate of drug-likeness (QED) is 0.783. The van der Waals surface area contributed by atoms with Gasteiger partial charge in [0.05, 0.1) is 12.5 Å². The van der Waals surface area contributed by atoms with E-state index in [0.29, 0.717) is 25.1 Å². The number of amides is 2. The Kier molecular flexibility index (Phi) is 4.66. The van der Waals surface area contributed by atoms with Crippen LogP contribution in [0.15, 0.2) is 30.9 Å². The second kappa shape index (κ2) is 6.88. The summed E-state index contributed by atoms with van der Waals surface area (Å²) in [5.41, 5.74) is 2.42. The monoisotopic (exact) mass is 323 g/mol. The summed E-state index contributed by atoms with van der Waals surface area (Å²) in [4.78, 5) is 28.6. The number of nitriles is 1. The number of hydrogen-bond donors (Lipinski definition) is 0. The SMILES string of the molecule is C=CC(=O)N1CCCc2c(C(=O)N(CCC#N)C3CC3)cccc21. The van der Waals surface area contributed by atoms with Crippen molar-refractivity contribution in [1.29, 1.82) is 5.26 Å². The van der Waals surface area contributed by atoms with Crippen LogP contribution in [0.3, 0.4) is 0 Å². The Labute approximate surface area is 142 Å². The summed E-state index contributed by atoms with van der Waals surface area (Å²) >= 11 is 0. The summed E-state index contributed by atoms with van der Waals surface area (Å²) in [5, 5.41) is 8.84. The lowest BCUT2D eigenvalue weighted by Gasteiger charge is -2.31. The predicted octanol–water partition coefficient (Wildman–Crippen LogP) is 2.67. The summed E-state index contributed by atoms with van der Waals surface area (Å²) in [5.74, 6) is -0.151. The molecule has 1 saturated carbocycles. The van der Waals surface area contributed by atoms with E-state index in [2.05, 4.69) is 12.6 Å². The summed E-state index contributed by atoms with van der Waals surface area (Å²) in [6.45, 7) is 4.68. The zero-order chi connectivity index (χ0) is 17.1. The van der Waals surface area contributed by atoms with E-state index in [1.165, 1.54) is 6.08 Å². The number of nitrogens with zero attached hydrogens (tertiary/aromatic N) is 3. The minimum absolute atomic E-state index is 0.0162. The van der Waals surface area contributed by atoms with E-state index in [0.717, 1.165) is 36.9 Å². The molecule has 0 N–H and O–H groups in total. The highest BCUT2D eigenvalue weighted by atomic mass is 16.2. The fraction of sp³-hybridized carbons (Fsp3) is 0.421. The van der Waals surface area contributed by atoms with Gasteiger partial charge in [-0.1, -0.05) is 12.6 Å². The van der Waals surface area contributed by atoms with Crippen LogP contribution in [0.5, 0.6) is 0 Å². The number of rotatable bonds is 5. The van der Waals surface area contributed by atoms with Gasteiger partial charge in [0.25, 0.3) is 5.91 Å². The van der Waals surface area contributed by atoms with Crippen molar-refractivity contribution in [1.82, 2.24) is 4.90 Å². The van der Waals surface area contributed by atoms with Crippen LogP contribution >= 0.6 is 0 Å². The minimum Gasteiger partial charge on any atom is -0.335 e. The highest BCUT2D eigenvalue weighted by Crippen LogP contribution is 2.33. The molecule has 0 unspecified atom stereocenters. The van der Waals surface area contributed by atoms with E-state index >= 15 is 0 Å². The lowest BCUT2D eigenvalue weighted by atomic mass is 9.95. The van der Waals surface area contributed by atoms with Crippen molar-refractivity contribution < 1.29 is 9.59 Å². The molecule has 1 heterocycles. The largest absolute Gasteiger partial charge is 0.335 e. The fourth-order valence-electron chi connectivity index (χ4n) is 3.33. The van der Waals surface area contributed by atoms with Gasteiger partial charge < -0.3 is 9.80 Å². The number of carbonyl (C=O) groups is 2. The molecule has 2 amide bonds. The first-order chi connectivity index (χ1) is 11.7. The Morgan fingerprint density at radius 3 is 2.88 bits per heavy atom. The second-order valence-corrected chi connectivity index (χ2v) is 6.24. The first-order valence-corrected chi connectivity index (χ1v) is 8.41. The number of fused-ring (bicyclic) bond motifs is 1. The van der Waals surface area contributed by atoms with Crippen LogP contribution in [0.4, 0.5) is 5.69 Å². The van der Waals surface area contributed by atoms with Gasteiger partial charge in [-0.15, -0.1) is 0 Å². The van der Waals surface area contributed by atoms with E-state index in [1.54, 1.807) is 4.90 Å². The molecule has 124 valence electrons. The van der Waals surface area contributed by atoms with E-state index in [4.69, 9.17) is 5.26 Å². The van der Waals surface area contributed by atoms with Crippen LogP contribution in [-0.2, 0) is 11.2 Å². The maximum absolute atomic E-state index is 13.0. The number of carbonyl (C=O) groups excluding carboxylic acids is 2. The lowest BCUT2D eigenvalue weighted by Crippen LogP contribution is -2.37. The van der Waals surface area contributed by atoms with Crippen LogP contribution in [0.25, 0.3) is 0 Å².